The molecule has 0 atom stereocenters. The highest BCUT2D eigenvalue weighted by Crippen LogP contribution is 1.98. The molecule has 1 heteroatoms. The smallest absolute Gasteiger partial charge is 0.00276 e. The summed E-state index contributed by atoms with van der Waals surface area (Å²) < 4.78 is 0. The third kappa shape index (κ3) is 5.15. The molecule has 0 rings (SSSR count). The summed E-state index contributed by atoms with van der Waals surface area (Å²) in [6.45, 7) is 4.18. The average Bonchev–Trinajstić information content (AvgIpc) is 1.89. The Balaban J connectivity index is 3.38. The van der Waals surface area contributed by atoms with Crippen molar-refractivity contribution >= 4 is 0 Å². The van der Waals surface area contributed by atoms with Gasteiger partial charge >= 0.3 is 0 Å². The predicted molar refractivity (Wildman–Crippen MR) is 42.2 cm³/mol. The fourth-order valence-electron chi connectivity index (χ4n) is 0.481. The lowest BCUT2D eigenvalue weighted by molar-refractivity contribution is 1.07. The molecule has 0 fully saturated rings. The van der Waals surface area contributed by atoms with E-state index in [1.165, 1.54) is 5.57 Å². The quantitative estimate of drug-likeness (QED) is 0.569. The maximum absolute atomic E-state index is 2.94. The third-order valence-corrected chi connectivity index (χ3v) is 1.22. The summed E-state index contributed by atoms with van der Waals surface area (Å²) in [5.74, 6) is 0. The van der Waals surface area contributed by atoms with E-state index in [4.69, 9.17) is 0 Å². The molecule has 0 aromatic carbocycles. The molecule has 0 bridgehead atoms. The van der Waals surface area contributed by atoms with Crippen molar-refractivity contribution in [2.24, 2.45) is 0 Å². The predicted octanol–water partition coefficient (Wildman–Crippen LogP) is 2.08. The van der Waals surface area contributed by atoms with Gasteiger partial charge in [-0.2, -0.15) is 0 Å². The summed E-state index contributed by atoms with van der Waals surface area (Å²) in [4.78, 5) is 0. The minimum absolute atomic E-state index is 1.05. The molecule has 0 unspecified atom stereocenters. The van der Waals surface area contributed by atoms with Crippen LogP contribution in [0.2, 0.25) is 0 Å². The van der Waals surface area contributed by atoms with E-state index in [1.54, 1.807) is 0 Å². The van der Waals surface area contributed by atoms with E-state index in [0.29, 0.717) is 0 Å². The lowest BCUT2D eigenvalue weighted by Gasteiger charge is -1.90. The van der Waals surface area contributed by atoms with Gasteiger partial charge in [0.15, 0.2) is 0 Å². The first-order valence-corrected chi connectivity index (χ1v) is 3.25. The van der Waals surface area contributed by atoms with Crippen molar-refractivity contribution in [3.63, 3.8) is 0 Å². The normalized spacial score (nSPS) is 12.6. The van der Waals surface area contributed by atoms with Gasteiger partial charge < -0.3 is 5.32 Å². The minimum atomic E-state index is 1.05. The number of nitrogens with one attached hydrogen (secondary N) is 1. The highest BCUT2D eigenvalue weighted by atomic mass is 14.8. The molecular weight excluding hydrogens is 110 g/mol. The first kappa shape index (κ1) is 8.28. The molecule has 0 saturated heterocycles. The molecule has 0 aliphatic rings. The van der Waals surface area contributed by atoms with Gasteiger partial charge in [-0.25, -0.2) is 0 Å². The maximum Gasteiger partial charge on any atom is 0.00276 e. The van der Waals surface area contributed by atoms with E-state index >= 15 is 0 Å². The van der Waals surface area contributed by atoms with Crippen molar-refractivity contribution in [1.82, 2.24) is 5.32 Å². The fraction of sp³-hybridized carbons (Fsp3) is 0.500. The molecule has 0 aliphatic carbocycles. The Labute approximate surface area is 57.5 Å². The van der Waals surface area contributed by atoms with Crippen LogP contribution in [0.3, 0.4) is 0 Å². The van der Waals surface area contributed by atoms with Crippen LogP contribution in [0.1, 0.15) is 20.3 Å². The van der Waals surface area contributed by atoms with Gasteiger partial charge in [0.05, 0.1) is 0 Å². The summed E-state index contributed by atoms with van der Waals surface area (Å²) in [6, 6.07) is 0. The van der Waals surface area contributed by atoms with Gasteiger partial charge in [-0.15, -0.1) is 0 Å². The van der Waals surface area contributed by atoms with Crippen LogP contribution in [0.15, 0.2) is 23.9 Å². The van der Waals surface area contributed by atoms with E-state index < -0.39 is 0 Å². The highest BCUT2D eigenvalue weighted by molar-refractivity contribution is 5.02. The van der Waals surface area contributed by atoms with Crippen LogP contribution in [0, 0.1) is 0 Å². The van der Waals surface area contributed by atoms with Crippen LogP contribution in [0.25, 0.3) is 0 Å². The molecule has 0 saturated carbocycles. The van der Waals surface area contributed by atoms with E-state index in [2.05, 4.69) is 31.3 Å². The van der Waals surface area contributed by atoms with Crippen molar-refractivity contribution in [2.75, 3.05) is 7.05 Å². The average molecular weight is 125 g/mol. The van der Waals surface area contributed by atoms with E-state index in [-0.39, 0.29) is 0 Å². The molecule has 0 aromatic rings. The number of allylic oxidation sites excluding steroid dienone is 3. The van der Waals surface area contributed by atoms with E-state index in [0.717, 1.165) is 6.42 Å². The Kier molecular flexibility index (Phi) is 4.98. The van der Waals surface area contributed by atoms with Crippen LogP contribution < -0.4 is 5.32 Å². The molecular formula is C8H15N. The van der Waals surface area contributed by atoms with Gasteiger partial charge in [-0.1, -0.05) is 17.7 Å². The van der Waals surface area contributed by atoms with Crippen LogP contribution >= 0.6 is 0 Å². The zero-order chi connectivity index (χ0) is 7.11. The highest BCUT2D eigenvalue weighted by Gasteiger charge is 1.78. The molecule has 52 valence electrons. The van der Waals surface area contributed by atoms with Crippen LogP contribution in [-0.4, -0.2) is 7.05 Å². The van der Waals surface area contributed by atoms with Crippen molar-refractivity contribution < 1.29 is 0 Å². The van der Waals surface area contributed by atoms with Gasteiger partial charge in [0.2, 0.25) is 0 Å². The number of hydrogen-bond acceptors (Lipinski definition) is 1. The third-order valence-electron chi connectivity index (χ3n) is 1.22. The van der Waals surface area contributed by atoms with Crippen molar-refractivity contribution in [2.45, 2.75) is 20.3 Å². The molecule has 0 amide bonds. The van der Waals surface area contributed by atoms with Crippen LogP contribution in [0.4, 0.5) is 0 Å². The summed E-state index contributed by atoms with van der Waals surface area (Å²) in [6.07, 6.45) is 7.24. The zero-order valence-electron chi connectivity index (χ0n) is 6.44. The van der Waals surface area contributed by atoms with E-state index in [9.17, 15) is 0 Å². The second kappa shape index (κ2) is 5.42. The summed E-state index contributed by atoms with van der Waals surface area (Å²) >= 11 is 0. The zero-order valence-corrected chi connectivity index (χ0v) is 6.44. The summed E-state index contributed by atoms with van der Waals surface area (Å²) in [7, 11) is 1.90. The number of rotatable bonds is 3. The number of hydrogen-bond donors (Lipinski definition) is 1. The Morgan fingerprint density at radius 2 is 2.22 bits per heavy atom. The molecule has 0 aliphatic heterocycles. The van der Waals surface area contributed by atoms with Crippen molar-refractivity contribution in [3.05, 3.63) is 23.9 Å². The Hall–Kier alpha value is -0.720. The van der Waals surface area contributed by atoms with Gasteiger partial charge in [-0.3, -0.25) is 0 Å². The molecule has 0 aromatic heterocycles. The SMILES string of the molecule is C/C=C(/C)C/C=C\NC. The molecule has 0 spiro atoms. The Morgan fingerprint density at radius 3 is 2.67 bits per heavy atom. The van der Waals surface area contributed by atoms with Gasteiger partial charge in [0, 0.05) is 7.05 Å². The second-order valence-electron chi connectivity index (χ2n) is 2.03. The first-order valence-electron chi connectivity index (χ1n) is 3.25. The van der Waals surface area contributed by atoms with Gasteiger partial charge in [0.1, 0.15) is 0 Å². The lowest BCUT2D eigenvalue weighted by Crippen LogP contribution is -1.90. The van der Waals surface area contributed by atoms with Gasteiger partial charge in [-0.05, 0) is 26.5 Å². The molecule has 0 radical (unpaired) electrons. The molecule has 0 heterocycles. The first-order chi connectivity index (χ1) is 4.31. The standard InChI is InChI=1S/C8H15N/c1-4-8(2)6-5-7-9-3/h4-5,7,9H,6H2,1-3H3/b7-5-,8-4-. The topological polar surface area (TPSA) is 12.0 Å². The maximum atomic E-state index is 2.94. The van der Waals surface area contributed by atoms with Crippen LogP contribution in [-0.2, 0) is 0 Å². The molecule has 9 heavy (non-hydrogen) atoms. The monoisotopic (exact) mass is 125 g/mol. The summed E-state index contributed by atoms with van der Waals surface area (Å²) in [5, 5.41) is 2.94. The van der Waals surface area contributed by atoms with E-state index in [1.807, 2.05) is 13.2 Å². The molecule has 1 nitrogen and oxygen atoms in total. The van der Waals surface area contributed by atoms with Crippen molar-refractivity contribution in [1.29, 1.82) is 0 Å². The Morgan fingerprint density at radius 1 is 1.56 bits per heavy atom. The lowest BCUT2D eigenvalue weighted by atomic mass is 10.2. The summed E-state index contributed by atoms with van der Waals surface area (Å²) in [5.41, 5.74) is 1.40. The molecule has 1 N–H and O–H groups in total. The Bertz CT molecular complexity index is 112. The van der Waals surface area contributed by atoms with Crippen molar-refractivity contribution in [3.8, 4) is 0 Å². The minimum Gasteiger partial charge on any atom is -0.394 e. The largest absolute Gasteiger partial charge is 0.394 e. The van der Waals surface area contributed by atoms with Crippen LogP contribution in [0.5, 0.6) is 0 Å². The fourth-order valence-corrected chi connectivity index (χ4v) is 0.481. The van der Waals surface area contributed by atoms with Gasteiger partial charge in [0.25, 0.3) is 0 Å². The second-order valence-corrected chi connectivity index (χ2v) is 2.03.